The number of benzene rings is 2. The Morgan fingerprint density at radius 1 is 1.00 bits per heavy atom. The third-order valence-corrected chi connectivity index (χ3v) is 3.52. The molecule has 0 fully saturated rings. The Morgan fingerprint density at radius 3 is 2.14 bits per heavy atom. The fourth-order valence-electron chi connectivity index (χ4n) is 1.72. The molecule has 0 aromatic heterocycles. The Kier molecular flexibility index (Phi) is 4.73. The molecule has 0 bridgehead atoms. The minimum atomic E-state index is -4.53. The van der Waals surface area contributed by atoms with E-state index in [1.807, 2.05) is 0 Å². The van der Waals surface area contributed by atoms with Crippen molar-refractivity contribution in [3.63, 3.8) is 0 Å². The number of hydrogen-bond acceptors (Lipinski definition) is 1. The summed E-state index contributed by atoms with van der Waals surface area (Å²) in [6.45, 7) is 0. The predicted octanol–water partition coefficient (Wildman–Crippen LogP) is 5.48. The van der Waals surface area contributed by atoms with E-state index in [1.54, 1.807) is 6.07 Å². The molecule has 0 spiro atoms. The highest BCUT2D eigenvalue weighted by molar-refractivity contribution is 9.11. The Balaban J connectivity index is 2.32. The molecular formula is C14H8Br2F3NO. The molecule has 0 aliphatic heterocycles. The maximum absolute atomic E-state index is 12.9. The predicted molar refractivity (Wildman–Crippen MR) is 81.2 cm³/mol. The van der Waals surface area contributed by atoms with Gasteiger partial charge < -0.3 is 5.32 Å². The van der Waals surface area contributed by atoms with Gasteiger partial charge in [-0.2, -0.15) is 13.2 Å². The first-order valence-electron chi connectivity index (χ1n) is 5.71. The van der Waals surface area contributed by atoms with E-state index in [4.69, 9.17) is 0 Å². The second-order valence-corrected chi connectivity index (χ2v) is 5.99. The number of nitrogens with one attached hydrogen (secondary N) is 1. The van der Waals surface area contributed by atoms with Crippen LogP contribution in [0.3, 0.4) is 0 Å². The third kappa shape index (κ3) is 4.07. The van der Waals surface area contributed by atoms with Crippen LogP contribution in [0.15, 0.2) is 51.4 Å². The molecule has 0 aliphatic rings. The average Bonchev–Trinajstić information content (AvgIpc) is 2.37. The van der Waals surface area contributed by atoms with Crippen molar-refractivity contribution in [2.24, 2.45) is 0 Å². The van der Waals surface area contributed by atoms with Crippen LogP contribution in [0.5, 0.6) is 0 Å². The van der Waals surface area contributed by atoms with Crippen molar-refractivity contribution in [2.45, 2.75) is 6.18 Å². The van der Waals surface area contributed by atoms with Crippen molar-refractivity contribution in [3.05, 3.63) is 62.5 Å². The van der Waals surface area contributed by atoms with Crippen molar-refractivity contribution in [3.8, 4) is 0 Å². The second kappa shape index (κ2) is 6.19. The highest BCUT2D eigenvalue weighted by Crippen LogP contribution is 2.34. The van der Waals surface area contributed by atoms with Gasteiger partial charge in [0.25, 0.3) is 5.91 Å². The summed E-state index contributed by atoms with van der Waals surface area (Å²) in [7, 11) is 0. The Bertz CT molecular complexity index is 666. The van der Waals surface area contributed by atoms with Crippen LogP contribution in [0.4, 0.5) is 18.9 Å². The maximum atomic E-state index is 12.9. The molecule has 7 heteroatoms. The molecule has 0 radical (unpaired) electrons. The molecule has 21 heavy (non-hydrogen) atoms. The van der Waals surface area contributed by atoms with Crippen molar-refractivity contribution in [2.75, 3.05) is 5.32 Å². The lowest BCUT2D eigenvalue weighted by Gasteiger charge is -2.13. The topological polar surface area (TPSA) is 29.1 Å². The number of carbonyl (C=O) groups is 1. The first-order chi connectivity index (χ1) is 9.77. The zero-order chi connectivity index (χ0) is 15.6. The number of anilines is 1. The van der Waals surface area contributed by atoms with Crippen LogP contribution in [0.1, 0.15) is 15.9 Å². The molecular weight excluding hydrogens is 415 g/mol. The summed E-state index contributed by atoms with van der Waals surface area (Å²) >= 11 is 6.45. The van der Waals surface area contributed by atoms with E-state index in [-0.39, 0.29) is 11.3 Å². The molecule has 2 rings (SSSR count). The molecule has 2 aromatic rings. The minimum absolute atomic E-state index is 0.244. The second-order valence-electron chi connectivity index (χ2n) is 4.16. The molecule has 0 aliphatic carbocycles. The van der Waals surface area contributed by atoms with Gasteiger partial charge in [0.2, 0.25) is 0 Å². The summed E-state index contributed by atoms with van der Waals surface area (Å²) in [5, 5.41) is 2.29. The fourth-order valence-corrected chi connectivity index (χ4v) is 3.01. The van der Waals surface area contributed by atoms with Gasteiger partial charge in [0.1, 0.15) is 0 Å². The first-order valence-corrected chi connectivity index (χ1v) is 7.29. The molecule has 110 valence electrons. The Labute approximate surface area is 135 Å². The summed E-state index contributed by atoms with van der Waals surface area (Å²) in [4.78, 5) is 12.1. The Hall–Kier alpha value is -1.34. The number of alkyl halides is 3. The lowest BCUT2D eigenvalue weighted by molar-refractivity contribution is -0.136. The van der Waals surface area contributed by atoms with E-state index in [2.05, 4.69) is 37.2 Å². The van der Waals surface area contributed by atoms with Gasteiger partial charge >= 0.3 is 6.18 Å². The van der Waals surface area contributed by atoms with E-state index in [9.17, 15) is 18.0 Å². The number of rotatable bonds is 2. The quantitative estimate of drug-likeness (QED) is 0.681. The van der Waals surface area contributed by atoms with Crippen LogP contribution in [0.25, 0.3) is 0 Å². The van der Waals surface area contributed by atoms with Crippen LogP contribution in [-0.2, 0) is 6.18 Å². The smallest absolute Gasteiger partial charge is 0.321 e. The lowest BCUT2D eigenvalue weighted by Crippen LogP contribution is -2.16. The van der Waals surface area contributed by atoms with Crippen LogP contribution in [0, 0.1) is 0 Å². The van der Waals surface area contributed by atoms with E-state index in [1.165, 1.54) is 30.3 Å². The van der Waals surface area contributed by atoms with Crippen molar-refractivity contribution >= 4 is 43.5 Å². The van der Waals surface area contributed by atoms with Gasteiger partial charge in [-0.15, -0.1) is 0 Å². The first kappa shape index (κ1) is 16.0. The van der Waals surface area contributed by atoms with Crippen LogP contribution in [0.2, 0.25) is 0 Å². The number of para-hydroxylation sites is 1. The van der Waals surface area contributed by atoms with Gasteiger partial charge in [-0.25, -0.2) is 0 Å². The standard InChI is InChI=1S/C14H8Br2F3NO/c15-9-5-8(6-10(16)7-9)13(21)20-12-4-2-1-3-11(12)14(17,18)19/h1-7H,(H,20,21). The molecule has 1 N–H and O–H groups in total. The number of halogens is 5. The third-order valence-electron chi connectivity index (χ3n) is 2.61. The van der Waals surface area contributed by atoms with Gasteiger partial charge in [-0.3, -0.25) is 4.79 Å². The molecule has 0 heterocycles. The zero-order valence-corrected chi connectivity index (χ0v) is 13.5. The van der Waals surface area contributed by atoms with E-state index in [0.717, 1.165) is 6.07 Å². The molecule has 2 nitrogen and oxygen atoms in total. The lowest BCUT2D eigenvalue weighted by atomic mass is 10.1. The number of hydrogen-bond donors (Lipinski definition) is 1. The largest absolute Gasteiger partial charge is 0.418 e. The molecule has 0 unspecified atom stereocenters. The fraction of sp³-hybridized carbons (Fsp3) is 0.0714. The zero-order valence-electron chi connectivity index (χ0n) is 10.3. The van der Waals surface area contributed by atoms with Gasteiger partial charge in [0.15, 0.2) is 0 Å². The van der Waals surface area contributed by atoms with E-state index in [0.29, 0.717) is 8.95 Å². The summed E-state index contributed by atoms with van der Waals surface area (Å²) in [5.74, 6) is -0.617. The van der Waals surface area contributed by atoms with Gasteiger partial charge in [0.05, 0.1) is 11.3 Å². The average molecular weight is 423 g/mol. The molecule has 2 aromatic carbocycles. The van der Waals surface area contributed by atoms with Gasteiger partial charge in [-0.05, 0) is 30.3 Å². The molecule has 0 saturated heterocycles. The molecule has 0 saturated carbocycles. The molecule has 0 atom stereocenters. The van der Waals surface area contributed by atoms with Gasteiger partial charge in [0, 0.05) is 14.5 Å². The SMILES string of the molecule is O=C(Nc1ccccc1C(F)(F)F)c1cc(Br)cc(Br)c1. The highest BCUT2D eigenvalue weighted by atomic mass is 79.9. The minimum Gasteiger partial charge on any atom is -0.321 e. The summed E-state index contributed by atoms with van der Waals surface area (Å²) in [5.41, 5.74) is -0.910. The highest BCUT2D eigenvalue weighted by Gasteiger charge is 2.33. The van der Waals surface area contributed by atoms with Crippen molar-refractivity contribution < 1.29 is 18.0 Å². The number of carbonyl (C=O) groups excluding carboxylic acids is 1. The maximum Gasteiger partial charge on any atom is 0.418 e. The van der Waals surface area contributed by atoms with Crippen molar-refractivity contribution in [1.82, 2.24) is 0 Å². The van der Waals surface area contributed by atoms with Crippen molar-refractivity contribution in [1.29, 1.82) is 0 Å². The number of amides is 1. The summed E-state index contributed by atoms with van der Waals surface area (Å²) in [6, 6.07) is 9.61. The van der Waals surface area contributed by atoms with Crippen LogP contribution < -0.4 is 5.32 Å². The van der Waals surface area contributed by atoms with Crippen LogP contribution >= 0.6 is 31.9 Å². The summed E-state index contributed by atoms with van der Waals surface area (Å²) in [6.07, 6.45) is -4.53. The summed E-state index contributed by atoms with van der Waals surface area (Å²) < 4.78 is 39.9. The van der Waals surface area contributed by atoms with Gasteiger partial charge in [-0.1, -0.05) is 44.0 Å². The van der Waals surface area contributed by atoms with E-state index >= 15 is 0 Å². The Morgan fingerprint density at radius 2 is 1.57 bits per heavy atom. The normalized spacial score (nSPS) is 11.3. The monoisotopic (exact) mass is 421 g/mol. The molecule has 1 amide bonds. The van der Waals surface area contributed by atoms with E-state index < -0.39 is 17.6 Å². The van der Waals surface area contributed by atoms with Crippen LogP contribution in [-0.4, -0.2) is 5.91 Å².